The summed E-state index contributed by atoms with van der Waals surface area (Å²) >= 11 is 1.35. The number of methoxy groups -OCH3 is 3. The quantitative estimate of drug-likeness (QED) is 0.189. The van der Waals surface area contributed by atoms with Gasteiger partial charge in [0.25, 0.3) is 5.91 Å². The smallest absolute Gasteiger partial charge is 0.407 e. The first-order chi connectivity index (χ1) is 20.1. The van der Waals surface area contributed by atoms with Crippen LogP contribution in [-0.4, -0.2) is 87.5 Å². The second-order valence-electron chi connectivity index (χ2n) is 8.45. The van der Waals surface area contributed by atoms with E-state index in [0.717, 1.165) is 4.88 Å². The Kier molecular flexibility index (Phi) is 9.47. The third kappa shape index (κ3) is 7.66. The van der Waals surface area contributed by atoms with Crippen LogP contribution in [0.2, 0.25) is 0 Å². The highest BCUT2D eigenvalue weighted by Crippen LogP contribution is 2.40. The van der Waals surface area contributed by atoms with Gasteiger partial charge in [-0.05, 0) is 18.2 Å². The molecule has 1 aromatic carbocycles. The fourth-order valence-electron chi connectivity index (χ4n) is 3.51. The molecule has 3 heterocycles. The summed E-state index contributed by atoms with van der Waals surface area (Å²) in [4.78, 5) is 29.6. The molecule has 14 nitrogen and oxygen atoms in total. The van der Waals surface area contributed by atoms with Gasteiger partial charge in [0.1, 0.15) is 5.01 Å². The maximum Gasteiger partial charge on any atom is 0.407 e. The van der Waals surface area contributed by atoms with E-state index in [9.17, 15) is 9.59 Å². The van der Waals surface area contributed by atoms with Crippen molar-refractivity contribution in [2.24, 2.45) is 0 Å². The SMILES string of the molecule is [B]C([B])([B])NC(=O)c1nnc(Nc2ccc(OC)nn2)cc1Nc1cccc(-c2ncc(CNC(=O)OC)s2)c1OC. The zero-order valence-corrected chi connectivity index (χ0v) is 23.5. The number of nitrogens with one attached hydrogen (secondary N) is 4. The average Bonchev–Trinajstić information content (AvgIpc) is 3.44. The molecule has 4 aromatic rings. The van der Waals surface area contributed by atoms with Gasteiger partial charge >= 0.3 is 6.09 Å². The molecule has 0 spiro atoms. The van der Waals surface area contributed by atoms with Gasteiger partial charge in [-0.15, -0.1) is 31.7 Å². The molecule has 0 saturated heterocycles. The zero-order chi connectivity index (χ0) is 30.3. The molecule has 0 aliphatic rings. The summed E-state index contributed by atoms with van der Waals surface area (Å²) in [6.07, 6.45) is 1.09. The topological polar surface area (TPSA) is 174 Å². The summed E-state index contributed by atoms with van der Waals surface area (Å²) in [5.74, 6) is 0.536. The molecule has 42 heavy (non-hydrogen) atoms. The molecule has 0 unspecified atom stereocenters. The summed E-state index contributed by atoms with van der Waals surface area (Å²) in [5.41, 5.74) is 1.16. The van der Waals surface area contributed by atoms with Gasteiger partial charge in [-0.1, -0.05) is 11.3 Å². The molecule has 6 radical (unpaired) electrons. The van der Waals surface area contributed by atoms with Gasteiger partial charge in [-0.25, -0.2) is 9.78 Å². The van der Waals surface area contributed by atoms with Crippen molar-refractivity contribution in [3.8, 4) is 22.2 Å². The monoisotopic (exact) mass is 581 g/mol. The number of thiazole rings is 1. The molecule has 4 rings (SSSR count). The molecule has 208 valence electrons. The first kappa shape index (κ1) is 30.1. The molecule has 3 aromatic heterocycles. The van der Waals surface area contributed by atoms with E-state index in [1.165, 1.54) is 38.7 Å². The van der Waals surface area contributed by atoms with Gasteiger partial charge in [0.15, 0.2) is 23.1 Å². The van der Waals surface area contributed by atoms with Gasteiger partial charge in [-0.3, -0.25) is 4.79 Å². The van der Waals surface area contributed by atoms with Crippen molar-refractivity contribution in [2.75, 3.05) is 32.0 Å². The summed E-state index contributed by atoms with van der Waals surface area (Å²) < 4.78 is 15.4. The number of anilines is 4. The van der Waals surface area contributed by atoms with Crippen LogP contribution in [0.3, 0.4) is 0 Å². The number of alkyl carbamates (subject to hydrolysis) is 1. The third-order valence-electron chi connectivity index (χ3n) is 5.31. The van der Waals surface area contributed by atoms with Crippen LogP contribution >= 0.6 is 11.3 Å². The number of hydrogen-bond acceptors (Lipinski definition) is 13. The van der Waals surface area contributed by atoms with Crippen molar-refractivity contribution in [2.45, 2.75) is 11.8 Å². The molecule has 4 N–H and O–H groups in total. The molecule has 0 aliphatic carbocycles. The number of nitrogens with zero attached hydrogens (tertiary/aromatic N) is 5. The highest BCUT2D eigenvalue weighted by Gasteiger charge is 2.22. The van der Waals surface area contributed by atoms with E-state index in [4.69, 9.17) is 33.0 Å². The van der Waals surface area contributed by atoms with Gasteiger partial charge in [-0.2, -0.15) is 0 Å². The first-order valence-corrected chi connectivity index (χ1v) is 12.8. The predicted octanol–water partition coefficient (Wildman–Crippen LogP) is 1.60. The number of ether oxygens (including phenoxy) is 3. The zero-order valence-electron chi connectivity index (χ0n) is 22.7. The van der Waals surface area contributed by atoms with E-state index >= 15 is 0 Å². The summed E-state index contributed by atoms with van der Waals surface area (Å²) in [5, 5.41) is 25.6. The first-order valence-electron chi connectivity index (χ1n) is 12.0. The van der Waals surface area contributed by atoms with Gasteiger partial charge < -0.3 is 35.5 Å². The van der Waals surface area contributed by atoms with E-state index < -0.39 is 17.2 Å². The Morgan fingerprint density at radius 2 is 1.71 bits per heavy atom. The van der Waals surface area contributed by atoms with Crippen LogP contribution < -0.4 is 30.7 Å². The van der Waals surface area contributed by atoms with E-state index in [1.54, 1.807) is 30.5 Å². The van der Waals surface area contributed by atoms with Crippen LogP contribution in [0.25, 0.3) is 10.6 Å². The fraction of sp³-hybridized carbons (Fsp3) is 0.208. The Morgan fingerprint density at radius 3 is 2.38 bits per heavy atom. The van der Waals surface area contributed by atoms with Crippen molar-refractivity contribution in [1.29, 1.82) is 0 Å². The van der Waals surface area contributed by atoms with Gasteiger partial charge in [0.05, 0.1) is 68.4 Å². The number of rotatable bonds is 11. The van der Waals surface area contributed by atoms with Crippen LogP contribution in [0.4, 0.5) is 27.8 Å². The molecule has 2 amide bonds. The van der Waals surface area contributed by atoms with Crippen LogP contribution in [-0.2, 0) is 11.3 Å². The Bertz CT molecular complexity index is 1570. The van der Waals surface area contributed by atoms with E-state index in [-0.39, 0.29) is 23.7 Å². The number of hydrogen-bond donors (Lipinski definition) is 4. The molecule has 0 saturated carbocycles. The van der Waals surface area contributed by atoms with Crippen LogP contribution in [0.1, 0.15) is 15.4 Å². The minimum Gasteiger partial charge on any atom is -0.494 e. The highest BCUT2D eigenvalue weighted by molar-refractivity contribution is 7.15. The third-order valence-corrected chi connectivity index (χ3v) is 6.34. The fourth-order valence-corrected chi connectivity index (χ4v) is 4.39. The Hall–Kier alpha value is -4.86. The van der Waals surface area contributed by atoms with Gasteiger partial charge in [0, 0.05) is 23.2 Å². The lowest BCUT2D eigenvalue weighted by Gasteiger charge is -2.23. The second-order valence-corrected chi connectivity index (χ2v) is 9.57. The molecule has 18 heteroatoms. The van der Waals surface area contributed by atoms with E-state index in [2.05, 4.69) is 51.4 Å². The maximum atomic E-state index is 13.0. The van der Waals surface area contributed by atoms with Crippen molar-refractivity contribution in [3.63, 3.8) is 0 Å². The highest BCUT2D eigenvalue weighted by atomic mass is 32.1. The van der Waals surface area contributed by atoms with E-state index in [0.29, 0.717) is 33.7 Å². The lowest BCUT2D eigenvalue weighted by atomic mass is 9.49. The number of carbonyl (C=O) groups excluding carboxylic acids is 2. The Morgan fingerprint density at radius 1 is 0.929 bits per heavy atom. The summed E-state index contributed by atoms with van der Waals surface area (Å²) in [6, 6.07) is 10.1. The van der Waals surface area contributed by atoms with Crippen LogP contribution in [0.15, 0.2) is 42.6 Å². The second kappa shape index (κ2) is 13.2. The molecular weight excluding hydrogens is 559 g/mol. The van der Waals surface area contributed by atoms with Crippen molar-refractivity contribution < 1.29 is 23.8 Å². The Balaban J connectivity index is 1.68. The number of para-hydroxylation sites is 1. The van der Waals surface area contributed by atoms with Crippen molar-refractivity contribution in [3.05, 3.63) is 53.2 Å². The van der Waals surface area contributed by atoms with Crippen molar-refractivity contribution in [1.82, 2.24) is 36.0 Å². The largest absolute Gasteiger partial charge is 0.494 e. The lowest BCUT2D eigenvalue weighted by Crippen LogP contribution is -2.50. The number of aromatic nitrogens is 5. The predicted molar refractivity (Wildman–Crippen MR) is 158 cm³/mol. The van der Waals surface area contributed by atoms with Crippen LogP contribution in [0, 0.1) is 0 Å². The molecular formula is C24H22B3N9O5S. The van der Waals surface area contributed by atoms with Crippen LogP contribution in [0.5, 0.6) is 11.6 Å². The average molecular weight is 581 g/mol. The van der Waals surface area contributed by atoms with Crippen molar-refractivity contribution >= 4 is 69.9 Å². The standard InChI is InChI=1S/C24H22B3N9O5S/c1-39-18-8-7-16(33-35-18)31-17-9-15(19(36-34-17)21(37)32-24(25,26)27)30-14-6-4-5-13(20(14)40-2)22-28-10-12(42-22)11-29-23(38)41-3/h4-10H,11H2,1-3H3,(H,29,38)(H,32,37)(H2,30,31,33,34). The minimum absolute atomic E-state index is 0.162. The lowest BCUT2D eigenvalue weighted by molar-refractivity contribution is 0.0947. The number of carbonyl (C=O) groups is 2. The molecule has 0 fully saturated rings. The van der Waals surface area contributed by atoms with E-state index in [1.807, 2.05) is 6.07 Å². The Labute approximate surface area is 248 Å². The number of benzene rings is 1. The number of amides is 2. The normalized spacial score (nSPS) is 10.8. The summed E-state index contributed by atoms with van der Waals surface area (Å²) in [6.45, 7) is 0.241. The summed E-state index contributed by atoms with van der Waals surface area (Å²) in [7, 11) is 21.0. The molecule has 0 bridgehead atoms. The minimum atomic E-state index is -2.01. The molecule has 0 aliphatic heterocycles. The maximum absolute atomic E-state index is 13.0. The molecule has 0 atom stereocenters. The van der Waals surface area contributed by atoms with Gasteiger partial charge in [0.2, 0.25) is 5.88 Å².